The molecule has 0 bridgehead atoms. The first kappa shape index (κ1) is 15.3. The molecule has 2 rings (SSSR count). The lowest BCUT2D eigenvalue weighted by Gasteiger charge is -2.26. The number of benzene rings is 1. The predicted molar refractivity (Wildman–Crippen MR) is 77.0 cm³/mol. The van der Waals surface area contributed by atoms with Crippen molar-refractivity contribution in [2.24, 2.45) is 0 Å². The molecule has 0 radical (unpaired) electrons. The number of carbonyl (C=O) groups is 2. The highest BCUT2D eigenvalue weighted by Crippen LogP contribution is 2.34. The Labute approximate surface area is 123 Å². The van der Waals surface area contributed by atoms with Crippen LogP contribution < -0.4 is 10.1 Å². The zero-order valence-electron chi connectivity index (χ0n) is 12.5. The van der Waals surface area contributed by atoms with Gasteiger partial charge in [0.2, 0.25) is 0 Å². The third-order valence-corrected chi connectivity index (χ3v) is 3.92. The quantitative estimate of drug-likeness (QED) is 0.798. The van der Waals surface area contributed by atoms with E-state index in [9.17, 15) is 9.59 Å². The second kappa shape index (κ2) is 5.73. The third-order valence-electron chi connectivity index (χ3n) is 3.92. The molecule has 1 aromatic carbocycles. The number of nitrogens with one attached hydrogen (secondary N) is 1. The van der Waals surface area contributed by atoms with Gasteiger partial charge in [0.1, 0.15) is 11.3 Å². The summed E-state index contributed by atoms with van der Waals surface area (Å²) < 4.78 is 5.22. The number of imide groups is 1. The van der Waals surface area contributed by atoms with Crippen molar-refractivity contribution in [1.82, 2.24) is 10.2 Å². The molecule has 114 valence electrons. The standard InChI is InChI=1S/C15H20N2O4/c1-4-15(11-5-6-12(21-3)10(2)9-11)13(19)17(7-8-18)14(20)16-15/h5-6,9,18H,4,7-8H2,1-3H3,(H,16,20). The third kappa shape index (κ3) is 2.35. The molecular weight excluding hydrogens is 272 g/mol. The summed E-state index contributed by atoms with van der Waals surface area (Å²) in [6.45, 7) is 3.49. The Morgan fingerprint density at radius 1 is 1.38 bits per heavy atom. The number of urea groups is 1. The molecule has 3 amide bonds. The number of rotatable bonds is 5. The molecule has 1 heterocycles. The van der Waals surface area contributed by atoms with Crippen molar-refractivity contribution in [3.05, 3.63) is 29.3 Å². The van der Waals surface area contributed by atoms with Crippen LogP contribution in [0.4, 0.5) is 4.79 Å². The summed E-state index contributed by atoms with van der Waals surface area (Å²) in [7, 11) is 1.59. The van der Waals surface area contributed by atoms with Crippen LogP contribution in [0.1, 0.15) is 24.5 Å². The first-order valence-electron chi connectivity index (χ1n) is 6.90. The Hall–Kier alpha value is -2.08. The molecule has 21 heavy (non-hydrogen) atoms. The highest BCUT2D eigenvalue weighted by Gasteiger charge is 2.51. The van der Waals surface area contributed by atoms with E-state index < -0.39 is 11.6 Å². The van der Waals surface area contributed by atoms with Crippen LogP contribution in [0.3, 0.4) is 0 Å². The molecular formula is C15H20N2O4. The van der Waals surface area contributed by atoms with Gasteiger partial charge in [-0.3, -0.25) is 9.69 Å². The van der Waals surface area contributed by atoms with Crippen LogP contribution in [0.25, 0.3) is 0 Å². The van der Waals surface area contributed by atoms with E-state index in [-0.39, 0.29) is 19.1 Å². The van der Waals surface area contributed by atoms with Gasteiger partial charge in [0.05, 0.1) is 20.3 Å². The second-order valence-corrected chi connectivity index (χ2v) is 5.05. The Balaban J connectivity index is 2.45. The topological polar surface area (TPSA) is 78.9 Å². The maximum absolute atomic E-state index is 12.6. The minimum Gasteiger partial charge on any atom is -0.496 e. The molecule has 6 heteroatoms. The molecule has 1 aliphatic heterocycles. The summed E-state index contributed by atoms with van der Waals surface area (Å²) >= 11 is 0. The maximum atomic E-state index is 12.6. The van der Waals surface area contributed by atoms with Crippen LogP contribution in [-0.2, 0) is 10.3 Å². The van der Waals surface area contributed by atoms with Crippen molar-refractivity contribution in [3.8, 4) is 5.75 Å². The monoisotopic (exact) mass is 292 g/mol. The van der Waals surface area contributed by atoms with E-state index >= 15 is 0 Å². The van der Waals surface area contributed by atoms with Gasteiger partial charge in [0.15, 0.2) is 0 Å². The molecule has 0 aliphatic carbocycles. The maximum Gasteiger partial charge on any atom is 0.325 e. The van der Waals surface area contributed by atoms with Crippen molar-refractivity contribution in [2.45, 2.75) is 25.8 Å². The molecule has 1 unspecified atom stereocenters. The van der Waals surface area contributed by atoms with Gasteiger partial charge in [-0.05, 0) is 36.6 Å². The van der Waals surface area contributed by atoms with Gasteiger partial charge >= 0.3 is 6.03 Å². The van der Waals surface area contributed by atoms with E-state index in [0.29, 0.717) is 6.42 Å². The summed E-state index contributed by atoms with van der Waals surface area (Å²) in [6, 6.07) is 4.96. The fourth-order valence-electron chi connectivity index (χ4n) is 2.71. The first-order chi connectivity index (χ1) is 10.00. The van der Waals surface area contributed by atoms with Crippen molar-refractivity contribution in [2.75, 3.05) is 20.3 Å². The minimum absolute atomic E-state index is 0.00154. The highest BCUT2D eigenvalue weighted by molar-refractivity contribution is 6.07. The van der Waals surface area contributed by atoms with E-state index in [4.69, 9.17) is 9.84 Å². The summed E-state index contributed by atoms with van der Waals surface area (Å²) in [5.41, 5.74) is 0.552. The Kier molecular flexibility index (Phi) is 4.18. The number of hydrogen-bond acceptors (Lipinski definition) is 4. The number of aliphatic hydroxyl groups excluding tert-OH is 1. The number of β-amino-alcohol motifs (C(OH)–C–C–N with tert-alkyl or cyclic N) is 1. The first-order valence-corrected chi connectivity index (χ1v) is 6.90. The van der Waals surface area contributed by atoms with E-state index in [1.807, 2.05) is 19.9 Å². The number of ether oxygens (including phenoxy) is 1. The summed E-state index contributed by atoms with van der Waals surface area (Å²) in [4.78, 5) is 25.7. The summed E-state index contributed by atoms with van der Waals surface area (Å²) in [6.07, 6.45) is 0.436. The average molecular weight is 292 g/mol. The zero-order valence-corrected chi connectivity index (χ0v) is 12.5. The van der Waals surface area contributed by atoms with Crippen molar-refractivity contribution < 1.29 is 19.4 Å². The number of hydrogen-bond donors (Lipinski definition) is 2. The number of methoxy groups -OCH3 is 1. The lowest BCUT2D eigenvalue weighted by molar-refractivity contribution is -0.132. The number of nitrogens with zero attached hydrogens (tertiary/aromatic N) is 1. The van der Waals surface area contributed by atoms with E-state index in [2.05, 4.69) is 5.32 Å². The van der Waals surface area contributed by atoms with Crippen molar-refractivity contribution in [1.29, 1.82) is 0 Å². The van der Waals surface area contributed by atoms with E-state index in [0.717, 1.165) is 21.8 Å². The largest absolute Gasteiger partial charge is 0.496 e. The van der Waals surface area contributed by atoms with Gasteiger partial charge in [-0.1, -0.05) is 13.0 Å². The summed E-state index contributed by atoms with van der Waals surface area (Å²) in [5, 5.41) is 11.8. The Bertz CT molecular complexity index is 573. The lowest BCUT2D eigenvalue weighted by Crippen LogP contribution is -2.43. The van der Waals surface area contributed by atoms with Gasteiger partial charge in [-0.15, -0.1) is 0 Å². The second-order valence-electron chi connectivity index (χ2n) is 5.05. The molecule has 1 saturated heterocycles. The smallest absolute Gasteiger partial charge is 0.325 e. The van der Waals surface area contributed by atoms with Crippen LogP contribution in [0.5, 0.6) is 5.75 Å². The molecule has 0 spiro atoms. The Morgan fingerprint density at radius 2 is 2.10 bits per heavy atom. The SMILES string of the molecule is CCC1(c2ccc(OC)c(C)c2)NC(=O)N(CCO)C1=O. The van der Waals surface area contributed by atoms with Crippen LogP contribution in [0, 0.1) is 6.92 Å². The van der Waals surface area contributed by atoms with Gasteiger partial charge in [-0.25, -0.2) is 4.79 Å². The van der Waals surface area contributed by atoms with Gasteiger partial charge in [-0.2, -0.15) is 0 Å². The zero-order chi connectivity index (χ0) is 15.6. The Morgan fingerprint density at radius 3 is 2.62 bits per heavy atom. The van der Waals surface area contributed by atoms with E-state index in [1.54, 1.807) is 19.2 Å². The predicted octanol–water partition coefficient (Wildman–Crippen LogP) is 1.15. The van der Waals surface area contributed by atoms with Gasteiger partial charge in [0.25, 0.3) is 5.91 Å². The summed E-state index contributed by atoms with van der Waals surface area (Å²) in [5.74, 6) is 0.405. The number of carbonyl (C=O) groups excluding carboxylic acids is 2. The lowest BCUT2D eigenvalue weighted by atomic mass is 9.86. The fourth-order valence-corrected chi connectivity index (χ4v) is 2.71. The fraction of sp³-hybridized carbons (Fsp3) is 0.467. The average Bonchev–Trinajstić information content (AvgIpc) is 2.72. The number of aryl methyl sites for hydroxylation is 1. The molecule has 1 fully saturated rings. The molecule has 1 aliphatic rings. The van der Waals surface area contributed by atoms with Crippen LogP contribution in [0.2, 0.25) is 0 Å². The molecule has 0 saturated carbocycles. The minimum atomic E-state index is -1.07. The molecule has 2 N–H and O–H groups in total. The molecule has 6 nitrogen and oxygen atoms in total. The number of amides is 3. The van der Waals surface area contributed by atoms with Crippen molar-refractivity contribution >= 4 is 11.9 Å². The van der Waals surface area contributed by atoms with Crippen LogP contribution >= 0.6 is 0 Å². The van der Waals surface area contributed by atoms with Crippen LogP contribution in [-0.4, -0.2) is 42.2 Å². The van der Waals surface area contributed by atoms with Gasteiger partial charge < -0.3 is 15.2 Å². The van der Waals surface area contributed by atoms with Crippen molar-refractivity contribution in [3.63, 3.8) is 0 Å². The molecule has 1 aromatic rings. The molecule has 1 atom stereocenters. The molecule has 0 aromatic heterocycles. The van der Waals surface area contributed by atoms with Crippen LogP contribution in [0.15, 0.2) is 18.2 Å². The normalized spacial score (nSPS) is 21.6. The number of aliphatic hydroxyl groups is 1. The highest BCUT2D eigenvalue weighted by atomic mass is 16.5. The van der Waals surface area contributed by atoms with E-state index in [1.165, 1.54) is 0 Å². The van der Waals surface area contributed by atoms with Gasteiger partial charge in [0, 0.05) is 0 Å².